The summed E-state index contributed by atoms with van der Waals surface area (Å²) in [6.07, 6.45) is 0. The third-order valence-electron chi connectivity index (χ3n) is 3.76. The highest BCUT2D eigenvalue weighted by Gasteiger charge is 2.52. The molecule has 0 saturated carbocycles. The van der Waals surface area contributed by atoms with Crippen molar-refractivity contribution < 1.29 is 13.7 Å². The fourth-order valence-corrected chi connectivity index (χ4v) is 1.90. The van der Waals surface area contributed by atoms with Crippen LogP contribution in [-0.4, -0.2) is 18.3 Å². The maximum absolute atomic E-state index is 13.8. The minimum atomic E-state index is -0.624. The summed E-state index contributed by atoms with van der Waals surface area (Å²) in [7, 11) is -0.624. The first-order valence-electron chi connectivity index (χ1n) is 5.85. The van der Waals surface area contributed by atoms with Crippen molar-refractivity contribution in [3.8, 4) is 0 Å². The van der Waals surface area contributed by atoms with Crippen molar-refractivity contribution in [3.05, 3.63) is 29.6 Å². The van der Waals surface area contributed by atoms with Crippen LogP contribution in [0.4, 0.5) is 4.39 Å². The highest BCUT2D eigenvalue weighted by Crippen LogP contribution is 2.36. The van der Waals surface area contributed by atoms with E-state index in [2.05, 4.69) is 0 Å². The molecule has 92 valence electrons. The van der Waals surface area contributed by atoms with E-state index in [0.29, 0.717) is 5.46 Å². The van der Waals surface area contributed by atoms with Gasteiger partial charge in [0.1, 0.15) is 5.82 Å². The van der Waals surface area contributed by atoms with Gasteiger partial charge in [0.25, 0.3) is 0 Å². The number of aryl methyl sites for hydroxylation is 1. The van der Waals surface area contributed by atoms with E-state index < -0.39 is 18.3 Å². The number of halogens is 1. The van der Waals surface area contributed by atoms with Crippen LogP contribution in [0.2, 0.25) is 0 Å². The van der Waals surface area contributed by atoms with Crippen LogP contribution in [0, 0.1) is 12.7 Å². The van der Waals surface area contributed by atoms with Gasteiger partial charge in [0.15, 0.2) is 0 Å². The number of hydrogen-bond donors (Lipinski definition) is 0. The molecule has 0 bridgehead atoms. The molecule has 1 aliphatic heterocycles. The van der Waals surface area contributed by atoms with E-state index in [9.17, 15) is 4.39 Å². The first-order valence-corrected chi connectivity index (χ1v) is 5.85. The molecule has 1 fully saturated rings. The minimum Gasteiger partial charge on any atom is -0.399 e. The molecule has 1 saturated heterocycles. The number of rotatable bonds is 1. The Kier molecular flexibility index (Phi) is 2.83. The van der Waals surface area contributed by atoms with E-state index in [4.69, 9.17) is 9.31 Å². The molecule has 4 heteroatoms. The van der Waals surface area contributed by atoms with Gasteiger partial charge in [-0.2, -0.15) is 0 Å². The molecule has 0 aliphatic carbocycles. The first-order chi connectivity index (χ1) is 7.74. The summed E-state index contributed by atoms with van der Waals surface area (Å²) < 4.78 is 25.5. The van der Waals surface area contributed by atoms with Gasteiger partial charge >= 0.3 is 7.12 Å². The summed E-state index contributed by atoms with van der Waals surface area (Å²) in [5.41, 5.74) is 0.480. The lowest BCUT2D eigenvalue weighted by Gasteiger charge is -2.32. The Morgan fingerprint density at radius 2 is 1.59 bits per heavy atom. The molecular weight excluding hydrogens is 218 g/mol. The molecule has 0 atom stereocenters. The zero-order valence-corrected chi connectivity index (χ0v) is 11.0. The highest BCUT2D eigenvalue weighted by molar-refractivity contribution is 6.62. The van der Waals surface area contributed by atoms with Crippen molar-refractivity contribution in [2.75, 3.05) is 0 Å². The summed E-state index contributed by atoms with van der Waals surface area (Å²) in [6, 6.07) is 5.00. The first kappa shape index (κ1) is 12.6. The van der Waals surface area contributed by atoms with Gasteiger partial charge in [-0.1, -0.05) is 12.1 Å². The molecule has 2 rings (SSSR count). The monoisotopic (exact) mass is 236 g/mol. The molecule has 0 N–H and O–H groups in total. The van der Waals surface area contributed by atoms with E-state index >= 15 is 0 Å². The maximum atomic E-state index is 13.8. The second-order valence-electron chi connectivity index (χ2n) is 5.56. The van der Waals surface area contributed by atoms with E-state index in [1.165, 1.54) is 6.07 Å². The van der Waals surface area contributed by atoms with E-state index in [1.807, 2.05) is 40.7 Å². The highest BCUT2D eigenvalue weighted by atomic mass is 19.1. The SMILES string of the molecule is Cc1cccc(F)c1B1OC(C)(C)C(C)(C)O1. The fourth-order valence-electron chi connectivity index (χ4n) is 1.90. The smallest absolute Gasteiger partial charge is 0.399 e. The molecule has 0 radical (unpaired) electrons. The van der Waals surface area contributed by atoms with Crippen LogP contribution in [0.25, 0.3) is 0 Å². The molecule has 0 unspecified atom stereocenters. The van der Waals surface area contributed by atoms with E-state index in [1.54, 1.807) is 6.07 Å². The Morgan fingerprint density at radius 1 is 1.06 bits per heavy atom. The van der Waals surface area contributed by atoms with Crippen LogP contribution >= 0.6 is 0 Å². The zero-order valence-electron chi connectivity index (χ0n) is 11.0. The van der Waals surface area contributed by atoms with Crippen molar-refractivity contribution in [2.45, 2.75) is 45.8 Å². The minimum absolute atomic E-state index is 0.275. The summed E-state index contributed by atoms with van der Waals surface area (Å²) in [5.74, 6) is -0.275. The van der Waals surface area contributed by atoms with Crippen LogP contribution < -0.4 is 5.46 Å². The Labute approximate surface area is 102 Å². The lowest BCUT2D eigenvalue weighted by molar-refractivity contribution is 0.00578. The van der Waals surface area contributed by atoms with Gasteiger partial charge in [-0.3, -0.25) is 0 Å². The molecule has 0 amide bonds. The molecule has 1 aromatic rings. The lowest BCUT2D eigenvalue weighted by atomic mass is 9.76. The van der Waals surface area contributed by atoms with Crippen LogP contribution in [0.3, 0.4) is 0 Å². The van der Waals surface area contributed by atoms with Crippen molar-refractivity contribution in [1.82, 2.24) is 0 Å². The Morgan fingerprint density at radius 3 is 2.06 bits per heavy atom. The Balaban J connectivity index is 2.39. The Bertz CT molecular complexity index is 407. The van der Waals surface area contributed by atoms with Crippen molar-refractivity contribution in [1.29, 1.82) is 0 Å². The van der Waals surface area contributed by atoms with E-state index in [0.717, 1.165) is 5.56 Å². The van der Waals surface area contributed by atoms with E-state index in [-0.39, 0.29) is 5.82 Å². The predicted molar refractivity (Wildman–Crippen MR) is 66.9 cm³/mol. The molecule has 2 nitrogen and oxygen atoms in total. The zero-order chi connectivity index (χ0) is 12.8. The molecular formula is C13H18BFO2. The third kappa shape index (κ3) is 2.00. The lowest BCUT2D eigenvalue weighted by Crippen LogP contribution is -2.41. The summed E-state index contributed by atoms with van der Waals surface area (Å²) in [5, 5.41) is 0. The second kappa shape index (κ2) is 3.82. The average molecular weight is 236 g/mol. The van der Waals surface area contributed by atoms with Gasteiger partial charge in [-0.15, -0.1) is 0 Å². The largest absolute Gasteiger partial charge is 0.498 e. The maximum Gasteiger partial charge on any atom is 0.498 e. The van der Waals surface area contributed by atoms with Crippen LogP contribution in [0.1, 0.15) is 33.3 Å². The topological polar surface area (TPSA) is 18.5 Å². The molecule has 1 heterocycles. The van der Waals surface area contributed by atoms with Crippen molar-refractivity contribution >= 4 is 12.6 Å². The standard InChI is InChI=1S/C13H18BFO2/c1-9-7-6-8-10(15)11(9)14-16-12(2,3)13(4,5)17-14/h6-8H,1-5H3. The number of benzene rings is 1. The van der Waals surface area contributed by atoms with Gasteiger partial charge in [-0.25, -0.2) is 4.39 Å². The predicted octanol–water partition coefficient (Wildman–Crippen LogP) is 2.43. The van der Waals surface area contributed by atoms with Gasteiger partial charge < -0.3 is 9.31 Å². The van der Waals surface area contributed by atoms with Gasteiger partial charge in [0.05, 0.1) is 11.2 Å². The summed E-state index contributed by atoms with van der Waals surface area (Å²) in [4.78, 5) is 0. The van der Waals surface area contributed by atoms with Crippen LogP contribution in [0.5, 0.6) is 0 Å². The number of hydrogen-bond acceptors (Lipinski definition) is 2. The van der Waals surface area contributed by atoms with Crippen LogP contribution in [0.15, 0.2) is 18.2 Å². The molecule has 1 aromatic carbocycles. The Hall–Kier alpha value is -0.865. The molecule has 17 heavy (non-hydrogen) atoms. The van der Waals surface area contributed by atoms with Crippen molar-refractivity contribution in [3.63, 3.8) is 0 Å². The van der Waals surface area contributed by atoms with Crippen molar-refractivity contribution in [2.24, 2.45) is 0 Å². The quantitative estimate of drug-likeness (QED) is 0.697. The second-order valence-corrected chi connectivity index (χ2v) is 5.56. The average Bonchev–Trinajstić information content (AvgIpc) is 2.35. The summed E-state index contributed by atoms with van der Waals surface area (Å²) >= 11 is 0. The third-order valence-corrected chi connectivity index (χ3v) is 3.76. The normalized spacial score (nSPS) is 21.9. The summed E-state index contributed by atoms with van der Waals surface area (Å²) in [6.45, 7) is 9.71. The molecule has 1 aliphatic rings. The van der Waals surface area contributed by atoms with Gasteiger partial charge in [-0.05, 0) is 46.2 Å². The fraction of sp³-hybridized carbons (Fsp3) is 0.538. The van der Waals surface area contributed by atoms with Gasteiger partial charge in [0, 0.05) is 5.46 Å². The van der Waals surface area contributed by atoms with Crippen LogP contribution in [-0.2, 0) is 9.31 Å². The molecule has 0 spiro atoms. The molecule has 0 aromatic heterocycles. The van der Waals surface area contributed by atoms with Gasteiger partial charge in [0.2, 0.25) is 0 Å².